The number of nitrogens with zero attached hydrogens (tertiary/aromatic N) is 1. The van der Waals surface area contributed by atoms with E-state index in [4.69, 9.17) is 4.74 Å². The molecule has 4 nitrogen and oxygen atoms in total. The summed E-state index contributed by atoms with van der Waals surface area (Å²) in [6.45, 7) is 0.783. The van der Waals surface area contributed by atoms with Crippen molar-refractivity contribution in [3.05, 3.63) is 77.6 Å². The van der Waals surface area contributed by atoms with Crippen molar-refractivity contribution in [2.24, 2.45) is 0 Å². The fourth-order valence-corrected chi connectivity index (χ4v) is 3.22. The van der Waals surface area contributed by atoms with Crippen molar-refractivity contribution in [2.45, 2.75) is 12.6 Å². The average molecular weight is 343 g/mol. The molecule has 0 spiro atoms. The predicted molar refractivity (Wildman–Crippen MR) is 96.4 cm³/mol. The third-order valence-corrected chi connectivity index (χ3v) is 4.36. The van der Waals surface area contributed by atoms with E-state index >= 15 is 0 Å². The molecule has 2 heterocycles. The maximum atomic E-state index is 9.84. The van der Waals surface area contributed by atoms with Crippen molar-refractivity contribution in [3.63, 3.8) is 0 Å². The Morgan fingerprint density at radius 1 is 1.12 bits per heavy atom. The second-order valence-corrected chi connectivity index (χ2v) is 5.68. The van der Waals surface area contributed by atoms with Crippen LogP contribution in [0.3, 0.4) is 0 Å². The SMILES string of the molecule is COc1cc(C2NCc3ccccc3-n3cccc32)ccc1O.Cl. The van der Waals surface area contributed by atoms with Crippen LogP contribution in [0.4, 0.5) is 0 Å². The summed E-state index contributed by atoms with van der Waals surface area (Å²) in [7, 11) is 1.57. The first kappa shape index (κ1) is 16.4. The van der Waals surface area contributed by atoms with Gasteiger partial charge in [0.15, 0.2) is 11.5 Å². The number of hydrogen-bond donors (Lipinski definition) is 2. The Labute approximate surface area is 147 Å². The van der Waals surface area contributed by atoms with Crippen molar-refractivity contribution >= 4 is 12.4 Å². The number of hydrogen-bond acceptors (Lipinski definition) is 3. The van der Waals surface area contributed by atoms with Gasteiger partial charge in [-0.05, 0) is 41.5 Å². The number of halogens is 1. The van der Waals surface area contributed by atoms with Crippen molar-refractivity contribution in [2.75, 3.05) is 7.11 Å². The molecule has 0 amide bonds. The summed E-state index contributed by atoms with van der Waals surface area (Å²) in [5.74, 6) is 0.646. The van der Waals surface area contributed by atoms with E-state index in [0.29, 0.717) is 5.75 Å². The van der Waals surface area contributed by atoms with Gasteiger partial charge in [0.05, 0.1) is 13.2 Å². The molecule has 24 heavy (non-hydrogen) atoms. The first-order valence-electron chi connectivity index (χ1n) is 7.64. The van der Waals surface area contributed by atoms with Crippen LogP contribution in [0.1, 0.15) is 22.9 Å². The minimum absolute atomic E-state index is 0. The lowest BCUT2D eigenvalue weighted by molar-refractivity contribution is 0.372. The molecule has 1 aliphatic heterocycles. The maximum absolute atomic E-state index is 9.84. The van der Waals surface area contributed by atoms with Crippen LogP contribution in [-0.2, 0) is 6.54 Å². The molecule has 2 aromatic carbocycles. The van der Waals surface area contributed by atoms with E-state index < -0.39 is 0 Å². The van der Waals surface area contributed by atoms with E-state index in [1.165, 1.54) is 16.9 Å². The molecule has 0 bridgehead atoms. The molecular weight excluding hydrogens is 324 g/mol. The van der Waals surface area contributed by atoms with Gasteiger partial charge in [-0.2, -0.15) is 0 Å². The lowest BCUT2D eigenvalue weighted by atomic mass is 10.0. The van der Waals surface area contributed by atoms with E-state index in [2.05, 4.69) is 52.5 Å². The zero-order valence-corrected chi connectivity index (χ0v) is 14.1. The van der Waals surface area contributed by atoms with Crippen molar-refractivity contribution < 1.29 is 9.84 Å². The van der Waals surface area contributed by atoms with Crippen LogP contribution in [0.2, 0.25) is 0 Å². The number of phenolic OH excluding ortho intramolecular Hbond substituents is 1. The number of aromatic hydroxyl groups is 1. The molecule has 0 aliphatic carbocycles. The van der Waals surface area contributed by atoms with Crippen LogP contribution in [0, 0.1) is 0 Å². The number of ether oxygens (including phenoxy) is 1. The molecule has 5 heteroatoms. The normalized spacial score (nSPS) is 15.6. The fraction of sp³-hybridized carbons (Fsp3) is 0.158. The molecule has 4 rings (SSSR count). The lowest BCUT2D eigenvalue weighted by Crippen LogP contribution is -2.21. The maximum Gasteiger partial charge on any atom is 0.160 e. The number of benzene rings is 2. The van der Waals surface area contributed by atoms with Gasteiger partial charge in [0.2, 0.25) is 0 Å². The molecule has 1 aromatic heterocycles. The third kappa shape index (κ3) is 2.64. The number of nitrogens with one attached hydrogen (secondary N) is 1. The van der Waals surface area contributed by atoms with Crippen LogP contribution in [-0.4, -0.2) is 16.8 Å². The van der Waals surface area contributed by atoms with Gasteiger partial charge in [-0.1, -0.05) is 24.3 Å². The number of fused-ring (bicyclic) bond motifs is 3. The van der Waals surface area contributed by atoms with Gasteiger partial charge < -0.3 is 19.7 Å². The molecule has 124 valence electrons. The second-order valence-electron chi connectivity index (χ2n) is 5.68. The van der Waals surface area contributed by atoms with Crippen LogP contribution >= 0.6 is 12.4 Å². The van der Waals surface area contributed by atoms with Gasteiger partial charge in [-0.25, -0.2) is 0 Å². The van der Waals surface area contributed by atoms with Crippen LogP contribution in [0.5, 0.6) is 11.5 Å². The van der Waals surface area contributed by atoms with Crippen LogP contribution < -0.4 is 10.1 Å². The summed E-state index contributed by atoms with van der Waals surface area (Å²) in [6.07, 6.45) is 2.09. The highest BCUT2D eigenvalue weighted by Crippen LogP contribution is 2.34. The summed E-state index contributed by atoms with van der Waals surface area (Å²) in [4.78, 5) is 0. The molecule has 1 unspecified atom stereocenters. The number of aromatic nitrogens is 1. The molecule has 3 aromatic rings. The second kappa shape index (κ2) is 6.59. The number of phenols is 1. The van der Waals surface area contributed by atoms with E-state index in [9.17, 15) is 5.11 Å². The van der Waals surface area contributed by atoms with Gasteiger partial charge >= 0.3 is 0 Å². The molecule has 0 radical (unpaired) electrons. The third-order valence-electron chi connectivity index (χ3n) is 4.36. The van der Waals surface area contributed by atoms with Gasteiger partial charge in [-0.15, -0.1) is 12.4 Å². The molecule has 0 fully saturated rings. The van der Waals surface area contributed by atoms with Gasteiger partial charge in [0, 0.05) is 24.1 Å². The first-order valence-corrected chi connectivity index (χ1v) is 7.64. The zero-order valence-electron chi connectivity index (χ0n) is 13.3. The van der Waals surface area contributed by atoms with E-state index in [1.807, 2.05) is 12.1 Å². The summed E-state index contributed by atoms with van der Waals surface area (Å²) < 4.78 is 7.48. The minimum Gasteiger partial charge on any atom is -0.504 e. The zero-order chi connectivity index (χ0) is 15.8. The van der Waals surface area contributed by atoms with Crippen LogP contribution in [0.25, 0.3) is 5.69 Å². The number of methoxy groups -OCH3 is 1. The molecule has 0 saturated heterocycles. The summed E-state index contributed by atoms with van der Waals surface area (Å²) in [6, 6.07) is 18.1. The Balaban J connectivity index is 0.00000169. The predicted octanol–water partition coefficient (Wildman–Crippen LogP) is 3.81. The fourth-order valence-electron chi connectivity index (χ4n) is 3.22. The lowest BCUT2D eigenvalue weighted by Gasteiger charge is -2.19. The van der Waals surface area contributed by atoms with Crippen molar-refractivity contribution in [1.29, 1.82) is 0 Å². The number of para-hydroxylation sites is 1. The van der Waals surface area contributed by atoms with Crippen molar-refractivity contribution in [1.82, 2.24) is 9.88 Å². The van der Waals surface area contributed by atoms with Gasteiger partial charge in [0.25, 0.3) is 0 Å². The Kier molecular flexibility index (Phi) is 4.51. The van der Waals surface area contributed by atoms with E-state index in [-0.39, 0.29) is 24.2 Å². The smallest absolute Gasteiger partial charge is 0.160 e. The largest absolute Gasteiger partial charge is 0.504 e. The van der Waals surface area contributed by atoms with E-state index in [0.717, 1.165) is 12.1 Å². The topological polar surface area (TPSA) is 46.4 Å². The molecule has 2 N–H and O–H groups in total. The Hall–Kier alpha value is -2.43. The summed E-state index contributed by atoms with van der Waals surface area (Å²) >= 11 is 0. The quantitative estimate of drug-likeness (QED) is 0.744. The first-order chi connectivity index (χ1) is 11.3. The Bertz CT molecular complexity index is 860. The minimum atomic E-state index is 0. The highest BCUT2D eigenvalue weighted by molar-refractivity contribution is 5.85. The summed E-state index contributed by atoms with van der Waals surface area (Å²) in [5, 5.41) is 13.4. The molecule has 1 atom stereocenters. The van der Waals surface area contributed by atoms with Crippen LogP contribution in [0.15, 0.2) is 60.8 Å². The highest BCUT2D eigenvalue weighted by Gasteiger charge is 2.23. The Morgan fingerprint density at radius 3 is 2.79 bits per heavy atom. The number of rotatable bonds is 2. The molecule has 1 aliphatic rings. The van der Waals surface area contributed by atoms with Crippen molar-refractivity contribution in [3.8, 4) is 17.2 Å². The monoisotopic (exact) mass is 342 g/mol. The Morgan fingerprint density at radius 2 is 1.96 bits per heavy atom. The standard InChI is InChI=1S/C19H18N2O2.ClH/c1-23-18-11-13(8-9-17(18)22)19-16-7-4-10-21(16)15-6-3-2-5-14(15)12-20-19;/h2-11,19-20,22H,12H2,1H3;1H. The summed E-state index contributed by atoms with van der Waals surface area (Å²) in [5.41, 5.74) is 4.70. The van der Waals surface area contributed by atoms with E-state index in [1.54, 1.807) is 13.2 Å². The molecular formula is C19H19ClN2O2. The van der Waals surface area contributed by atoms with Gasteiger partial charge in [0.1, 0.15) is 0 Å². The highest BCUT2D eigenvalue weighted by atomic mass is 35.5. The van der Waals surface area contributed by atoms with Gasteiger partial charge in [-0.3, -0.25) is 0 Å². The average Bonchev–Trinajstić information content (AvgIpc) is 3.00. The molecule has 0 saturated carbocycles.